The Hall–Kier alpha value is -0.570. The van der Waals surface area contributed by atoms with Gasteiger partial charge in [-0.3, -0.25) is 0 Å². The molecular weight excluding hydrogens is 198 g/mol. The normalized spacial score (nSPS) is 14.2. The number of aliphatic hydroxyl groups is 1. The van der Waals surface area contributed by atoms with Gasteiger partial charge < -0.3 is 10.4 Å². The number of likely N-dealkylation sites (N-methyl/N-ethyl adjacent to an activating group) is 1. The molecule has 0 saturated heterocycles. The van der Waals surface area contributed by atoms with Gasteiger partial charge in [0.25, 0.3) is 0 Å². The van der Waals surface area contributed by atoms with E-state index in [0.29, 0.717) is 0 Å². The molecule has 0 spiro atoms. The van der Waals surface area contributed by atoms with Crippen molar-refractivity contribution in [3.05, 3.63) is 35.9 Å². The van der Waals surface area contributed by atoms with E-state index in [1.54, 1.807) is 0 Å². The van der Waals surface area contributed by atoms with Crippen molar-refractivity contribution in [3.63, 3.8) is 0 Å². The van der Waals surface area contributed by atoms with Gasteiger partial charge in [0.05, 0.1) is 6.10 Å². The molecule has 2 atom stereocenters. The fourth-order valence-corrected chi connectivity index (χ4v) is 1.37. The second kappa shape index (κ2) is 6.82. The van der Waals surface area contributed by atoms with Crippen molar-refractivity contribution in [2.24, 2.45) is 0 Å². The lowest BCUT2D eigenvalue weighted by Gasteiger charge is -2.19. The summed E-state index contributed by atoms with van der Waals surface area (Å²) in [5, 5.41) is 13.1. The third-order valence-corrected chi connectivity index (χ3v) is 2.14. The fourth-order valence-electron chi connectivity index (χ4n) is 1.37. The third kappa shape index (κ3) is 3.66. The predicted octanol–water partition coefficient (Wildman–Crippen LogP) is 2.14. The topological polar surface area (TPSA) is 32.3 Å². The van der Waals surface area contributed by atoms with Gasteiger partial charge >= 0.3 is 0 Å². The standard InChI is InChI=1S/C11H17NO.ClH/c1-3-12-9(2)11(13)10-7-5-4-6-8-10;/h4-9,11-13H,3H2,1-2H3;1H/t9-,11-;/m1./s1. The van der Waals surface area contributed by atoms with Crippen LogP contribution in [0.1, 0.15) is 25.5 Å². The smallest absolute Gasteiger partial charge is 0.0940 e. The van der Waals surface area contributed by atoms with E-state index >= 15 is 0 Å². The van der Waals surface area contributed by atoms with Crippen LogP contribution in [-0.2, 0) is 0 Å². The molecule has 1 aromatic carbocycles. The lowest BCUT2D eigenvalue weighted by Crippen LogP contribution is -2.31. The lowest BCUT2D eigenvalue weighted by atomic mass is 10.0. The van der Waals surface area contributed by atoms with E-state index in [-0.39, 0.29) is 18.4 Å². The molecule has 0 bridgehead atoms. The maximum absolute atomic E-state index is 9.86. The van der Waals surface area contributed by atoms with Crippen LogP contribution in [0.4, 0.5) is 0 Å². The van der Waals surface area contributed by atoms with Gasteiger partial charge in [-0.15, -0.1) is 12.4 Å². The minimum atomic E-state index is -0.416. The zero-order chi connectivity index (χ0) is 9.68. The van der Waals surface area contributed by atoms with Crippen LogP contribution in [0.15, 0.2) is 30.3 Å². The third-order valence-electron chi connectivity index (χ3n) is 2.14. The number of benzene rings is 1. The van der Waals surface area contributed by atoms with Crippen molar-refractivity contribution >= 4 is 12.4 Å². The van der Waals surface area contributed by atoms with Gasteiger partial charge in [-0.2, -0.15) is 0 Å². The largest absolute Gasteiger partial charge is 0.387 e. The molecule has 0 unspecified atom stereocenters. The predicted molar refractivity (Wildman–Crippen MR) is 61.8 cm³/mol. The molecule has 3 heteroatoms. The van der Waals surface area contributed by atoms with Gasteiger partial charge in [-0.25, -0.2) is 0 Å². The van der Waals surface area contributed by atoms with E-state index in [0.717, 1.165) is 12.1 Å². The van der Waals surface area contributed by atoms with Crippen LogP contribution in [0.3, 0.4) is 0 Å². The van der Waals surface area contributed by atoms with Gasteiger partial charge in [-0.05, 0) is 19.0 Å². The SMILES string of the molecule is CCN[C@H](C)[C@@H](O)c1ccccc1.Cl. The van der Waals surface area contributed by atoms with Gasteiger partial charge in [0.2, 0.25) is 0 Å². The number of rotatable bonds is 4. The van der Waals surface area contributed by atoms with Crippen molar-refractivity contribution in [2.45, 2.75) is 26.0 Å². The molecule has 0 aliphatic rings. The van der Waals surface area contributed by atoms with Crippen molar-refractivity contribution in [3.8, 4) is 0 Å². The van der Waals surface area contributed by atoms with E-state index in [1.165, 1.54) is 0 Å². The quantitative estimate of drug-likeness (QED) is 0.807. The molecule has 0 aliphatic carbocycles. The van der Waals surface area contributed by atoms with E-state index < -0.39 is 6.10 Å². The molecule has 0 aliphatic heterocycles. The minimum absolute atomic E-state index is 0. The first-order chi connectivity index (χ1) is 6.25. The Morgan fingerprint density at radius 2 is 1.86 bits per heavy atom. The van der Waals surface area contributed by atoms with E-state index in [2.05, 4.69) is 5.32 Å². The number of aliphatic hydroxyl groups excluding tert-OH is 1. The summed E-state index contributed by atoms with van der Waals surface area (Å²) in [5.74, 6) is 0. The molecule has 0 radical (unpaired) electrons. The summed E-state index contributed by atoms with van der Waals surface area (Å²) in [6.07, 6.45) is -0.416. The average molecular weight is 216 g/mol. The molecule has 0 heterocycles. The van der Waals surface area contributed by atoms with Crippen LogP contribution in [0.25, 0.3) is 0 Å². The molecule has 0 fully saturated rings. The molecule has 1 aromatic rings. The van der Waals surface area contributed by atoms with Crippen LogP contribution in [0.5, 0.6) is 0 Å². The number of hydrogen-bond donors (Lipinski definition) is 2. The van der Waals surface area contributed by atoms with Crippen molar-refractivity contribution in [1.82, 2.24) is 5.32 Å². The highest BCUT2D eigenvalue weighted by molar-refractivity contribution is 5.85. The second-order valence-electron chi connectivity index (χ2n) is 3.20. The van der Waals surface area contributed by atoms with Crippen LogP contribution in [0, 0.1) is 0 Å². The highest BCUT2D eigenvalue weighted by atomic mass is 35.5. The van der Waals surface area contributed by atoms with E-state index in [9.17, 15) is 5.11 Å². The zero-order valence-corrected chi connectivity index (χ0v) is 9.42. The summed E-state index contributed by atoms with van der Waals surface area (Å²) in [6, 6.07) is 9.83. The van der Waals surface area contributed by atoms with Crippen LogP contribution in [0.2, 0.25) is 0 Å². The monoisotopic (exact) mass is 215 g/mol. The molecule has 14 heavy (non-hydrogen) atoms. The molecule has 0 amide bonds. The van der Waals surface area contributed by atoms with Gasteiger partial charge in [0.15, 0.2) is 0 Å². The summed E-state index contributed by atoms with van der Waals surface area (Å²) >= 11 is 0. The molecule has 2 nitrogen and oxygen atoms in total. The Morgan fingerprint density at radius 1 is 1.29 bits per heavy atom. The Bertz CT molecular complexity index is 240. The summed E-state index contributed by atoms with van der Waals surface area (Å²) < 4.78 is 0. The van der Waals surface area contributed by atoms with Gasteiger partial charge in [0, 0.05) is 6.04 Å². The molecule has 0 aromatic heterocycles. The zero-order valence-electron chi connectivity index (χ0n) is 8.60. The highest BCUT2D eigenvalue weighted by Crippen LogP contribution is 2.15. The highest BCUT2D eigenvalue weighted by Gasteiger charge is 2.13. The summed E-state index contributed by atoms with van der Waals surface area (Å²) in [4.78, 5) is 0. The summed E-state index contributed by atoms with van der Waals surface area (Å²) in [6.45, 7) is 4.90. The van der Waals surface area contributed by atoms with E-state index in [4.69, 9.17) is 0 Å². The first kappa shape index (κ1) is 13.4. The van der Waals surface area contributed by atoms with Crippen molar-refractivity contribution in [2.75, 3.05) is 6.54 Å². The van der Waals surface area contributed by atoms with Gasteiger partial charge in [0.1, 0.15) is 0 Å². The van der Waals surface area contributed by atoms with Crippen molar-refractivity contribution in [1.29, 1.82) is 0 Å². The van der Waals surface area contributed by atoms with E-state index in [1.807, 2.05) is 44.2 Å². The molecular formula is C11H18ClNO. The lowest BCUT2D eigenvalue weighted by molar-refractivity contribution is 0.137. The number of halogens is 1. The number of nitrogens with one attached hydrogen (secondary N) is 1. The first-order valence-corrected chi connectivity index (χ1v) is 4.72. The van der Waals surface area contributed by atoms with Crippen LogP contribution >= 0.6 is 12.4 Å². The first-order valence-electron chi connectivity index (χ1n) is 4.72. The molecule has 1 rings (SSSR count). The Balaban J connectivity index is 0.00000169. The Morgan fingerprint density at radius 3 is 2.36 bits per heavy atom. The molecule has 2 N–H and O–H groups in total. The maximum Gasteiger partial charge on any atom is 0.0940 e. The summed E-state index contributed by atoms with van der Waals surface area (Å²) in [7, 11) is 0. The van der Waals surface area contributed by atoms with Gasteiger partial charge in [-0.1, -0.05) is 37.3 Å². The molecule has 0 saturated carbocycles. The Labute approximate surface area is 91.8 Å². The van der Waals surface area contributed by atoms with Crippen molar-refractivity contribution < 1.29 is 5.11 Å². The van der Waals surface area contributed by atoms with Crippen LogP contribution in [-0.4, -0.2) is 17.7 Å². The maximum atomic E-state index is 9.86. The fraction of sp³-hybridized carbons (Fsp3) is 0.455. The minimum Gasteiger partial charge on any atom is -0.387 e. The van der Waals surface area contributed by atoms with Crippen LogP contribution < -0.4 is 5.32 Å². The molecule has 80 valence electrons. The Kier molecular flexibility index (Phi) is 6.54. The second-order valence-corrected chi connectivity index (χ2v) is 3.20. The summed E-state index contributed by atoms with van der Waals surface area (Å²) in [5.41, 5.74) is 0.968. The average Bonchev–Trinajstić information content (AvgIpc) is 2.18. The number of hydrogen-bond acceptors (Lipinski definition) is 2.